The van der Waals surface area contributed by atoms with Crippen LogP contribution in [0, 0.1) is 6.92 Å². The van der Waals surface area contributed by atoms with Gasteiger partial charge in [0.05, 0.1) is 6.20 Å². The number of hydrogen-bond donors (Lipinski definition) is 0. The Bertz CT molecular complexity index is 628. The highest BCUT2D eigenvalue weighted by Gasteiger charge is 2.07. The van der Waals surface area contributed by atoms with Crippen molar-refractivity contribution >= 4 is 12.0 Å². The minimum atomic E-state index is -0.0166. The Morgan fingerprint density at radius 2 is 2.15 bits per heavy atom. The van der Waals surface area contributed by atoms with Crippen molar-refractivity contribution in [3.63, 3.8) is 0 Å². The van der Waals surface area contributed by atoms with Crippen LogP contribution >= 0.6 is 0 Å². The van der Waals surface area contributed by atoms with Crippen LogP contribution in [0.3, 0.4) is 0 Å². The van der Waals surface area contributed by atoms with Crippen molar-refractivity contribution in [1.82, 2.24) is 14.7 Å². The Labute approximate surface area is 119 Å². The molecule has 0 N–H and O–H groups in total. The smallest absolute Gasteiger partial charge is 0.246 e. The number of likely N-dealkylation sites (N-methyl/N-ethyl adjacent to an activating group) is 1. The van der Waals surface area contributed by atoms with E-state index in [4.69, 9.17) is 0 Å². The van der Waals surface area contributed by atoms with E-state index in [1.165, 1.54) is 5.56 Å². The maximum Gasteiger partial charge on any atom is 0.246 e. The largest absolute Gasteiger partial charge is 0.338 e. The molecule has 0 aliphatic heterocycles. The second-order valence-corrected chi connectivity index (χ2v) is 4.90. The lowest BCUT2D eigenvalue weighted by atomic mass is 10.1. The van der Waals surface area contributed by atoms with Crippen LogP contribution in [0.1, 0.15) is 16.7 Å². The molecule has 0 bridgehead atoms. The lowest BCUT2D eigenvalue weighted by molar-refractivity contribution is -0.125. The van der Waals surface area contributed by atoms with Gasteiger partial charge >= 0.3 is 0 Å². The monoisotopic (exact) mass is 269 g/mol. The first kappa shape index (κ1) is 14.1. The lowest BCUT2D eigenvalue weighted by Gasteiger charge is -2.16. The van der Waals surface area contributed by atoms with Gasteiger partial charge < -0.3 is 4.90 Å². The van der Waals surface area contributed by atoms with Crippen LogP contribution in [0.2, 0.25) is 0 Å². The molecule has 4 nitrogen and oxygen atoms in total. The first-order valence-corrected chi connectivity index (χ1v) is 6.52. The van der Waals surface area contributed by atoms with Gasteiger partial charge in [-0.25, -0.2) is 0 Å². The van der Waals surface area contributed by atoms with E-state index in [2.05, 4.69) is 18.1 Å². The average molecular weight is 269 g/mol. The fraction of sp³-hybridized carbons (Fsp3) is 0.250. The molecular weight excluding hydrogens is 250 g/mol. The van der Waals surface area contributed by atoms with Crippen LogP contribution in [0.25, 0.3) is 6.08 Å². The molecule has 2 aromatic rings. The van der Waals surface area contributed by atoms with Gasteiger partial charge in [-0.2, -0.15) is 5.10 Å². The molecule has 0 spiro atoms. The highest BCUT2D eigenvalue weighted by molar-refractivity contribution is 5.91. The number of aryl methyl sites for hydroxylation is 2. The predicted octanol–water partition coefficient (Wildman–Crippen LogP) is 2.40. The number of rotatable bonds is 4. The molecule has 1 amide bonds. The van der Waals surface area contributed by atoms with E-state index in [0.717, 1.165) is 11.1 Å². The van der Waals surface area contributed by atoms with Crippen LogP contribution in [0.5, 0.6) is 0 Å². The van der Waals surface area contributed by atoms with E-state index in [1.807, 2.05) is 38.5 Å². The third-order valence-electron chi connectivity index (χ3n) is 3.19. The van der Waals surface area contributed by atoms with Crippen LogP contribution in [0.4, 0.5) is 0 Å². The summed E-state index contributed by atoms with van der Waals surface area (Å²) in [4.78, 5) is 13.8. The van der Waals surface area contributed by atoms with E-state index < -0.39 is 0 Å². The van der Waals surface area contributed by atoms with E-state index in [1.54, 1.807) is 27.9 Å². The molecule has 20 heavy (non-hydrogen) atoms. The zero-order chi connectivity index (χ0) is 14.5. The van der Waals surface area contributed by atoms with Crippen molar-refractivity contribution < 1.29 is 4.79 Å². The topological polar surface area (TPSA) is 38.1 Å². The molecule has 0 aliphatic rings. The second-order valence-electron chi connectivity index (χ2n) is 4.90. The van der Waals surface area contributed by atoms with Crippen LogP contribution in [-0.4, -0.2) is 27.6 Å². The van der Waals surface area contributed by atoms with Crippen molar-refractivity contribution in [2.75, 3.05) is 7.05 Å². The zero-order valence-electron chi connectivity index (χ0n) is 12.1. The Morgan fingerprint density at radius 1 is 1.40 bits per heavy atom. The first-order chi connectivity index (χ1) is 9.56. The fourth-order valence-corrected chi connectivity index (χ4v) is 1.94. The maximum atomic E-state index is 12.1. The summed E-state index contributed by atoms with van der Waals surface area (Å²) in [6.45, 7) is 2.67. The summed E-state index contributed by atoms with van der Waals surface area (Å²) >= 11 is 0. The quantitative estimate of drug-likeness (QED) is 0.799. The molecule has 0 atom stereocenters. The summed E-state index contributed by atoms with van der Waals surface area (Å²) in [5.74, 6) is -0.0166. The molecule has 104 valence electrons. The van der Waals surface area contributed by atoms with E-state index in [-0.39, 0.29) is 5.91 Å². The Balaban J connectivity index is 1.99. The first-order valence-electron chi connectivity index (χ1n) is 6.52. The minimum absolute atomic E-state index is 0.0166. The number of nitrogens with zero attached hydrogens (tertiary/aromatic N) is 3. The van der Waals surface area contributed by atoms with Crippen molar-refractivity contribution in [1.29, 1.82) is 0 Å². The van der Waals surface area contributed by atoms with Gasteiger partial charge in [0, 0.05) is 38.5 Å². The molecular formula is C16H19N3O. The maximum absolute atomic E-state index is 12.1. The van der Waals surface area contributed by atoms with Gasteiger partial charge in [-0.05, 0) is 24.1 Å². The Hall–Kier alpha value is -2.36. The van der Waals surface area contributed by atoms with Crippen LogP contribution in [-0.2, 0) is 18.4 Å². The second kappa shape index (κ2) is 6.19. The van der Waals surface area contributed by atoms with Crippen molar-refractivity contribution in [3.05, 3.63) is 59.4 Å². The van der Waals surface area contributed by atoms with Crippen LogP contribution in [0.15, 0.2) is 42.7 Å². The van der Waals surface area contributed by atoms with Gasteiger partial charge in [-0.15, -0.1) is 0 Å². The molecule has 0 radical (unpaired) electrons. The molecule has 4 heteroatoms. The Kier molecular flexibility index (Phi) is 4.35. The van der Waals surface area contributed by atoms with Gasteiger partial charge in [0.1, 0.15) is 0 Å². The van der Waals surface area contributed by atoms with Gasteiger partial charge in [-0.3, -0.25) is 9.48 Å². The number of carbonyl (C=O) groups excluding carboxylic acids is 1. The Morgan fingerprint density at radius 3 is 2.80 bits per heavy atom. The average Bonchev–Trinajstić information content (AvgIpc) is 2.84. The number of carbonyl (C=O) groups is 1. The number of aromatic nitrogens is 2. The summed E-state index contributed by atoms with van der Waals surface area (Å²) < 4.78 is 1.71. The van der Waals surface area contributed by atoms with Crippen molar-refractivity contribution in [3.8, 4) is 0 Å². The highest BCUT2D eigenvalue weighted by atomic mass is 16.2. The SMILES string of the molecule is Cc1ccccc1CN(C)C(=O)C=Cc1cnn(C)c1. The third kappa shape index (κ3) is 3.57. The van der Waals surface area contributed by atoms with Gasteiger partial charge in [0.2, 0.25) is 5.91 Å². The molecule has 0 unspecified atom stereocenters. The lowest BCUT2D eigenvalue weighted by Crippen LogP contribution is -2.24. The number of amides is 1. The summed E-state index contributed by atoms with van der Waals surface area (Å²) in [6.07, 6.45) is 6.95. The highest BCUT2D eigenvalue weighted by Crippen LogP contribution is 2.10. The minimum Gasteiger partial charge on any atom is -0.338 e. The van der Waals surface area contributed by atoms with Crippen molar-refractivity contribution in [2.45, 2.75) is 13.5 Å². The van der Waals surface area contributed by atoms with E-state index in [9.17, 15) is 4.79 Å². The van der Waals surface area contributed by atoms with E-state index in [0.29, 0.717) is 6.54 Å². The fourth-order valence-electron chi connectivity index (χ4n) is 1.94. The summed E-state index contributed by atoms with van der Waals surface area (Å²) in [7, 11) is 3.66. The molecule has 2 rings (SSSR count). The van der Waals surface area contributed by atoms with Crippen molar-refractivity contribution in [2.24, 2.45) is 7.05 Å². The molecule has 1 heterocycles. The van der Waals surface area contributed by atoms with E-state index >= 15 is 0 Å². The number of benzene rings is 1. The predicted molar refractivity (Wildman–Crippen MR) is 79.9 cm³/mol. The summed E-state index contributed by atoms with van der Waals surface area (Å²) in [6, 6.07) is 8.10. The van der Waals surface area contributed by atoms with Crippen LogP contribution < -0.4 is 0 Å². The van der Waals surface area contributed by atoms with Gasteiger partial charge in [0.25, 0.3) is 0 Å². The van der Waals surface area contributed by atoms with Gasteiger partial charge in [0.15, 0.2) is 0 Å². The molecule has 1 aromatic heterocycles. The molecule has 0 saturated carbocycles. The standard InChI is InChI=1S/C16H19N3O/c1-13-6-4-5-7-15(13)12-18(2)16(20)9-8-14-10-17-19(3)11-14/h4-11H,12H2,1-3H3. The third-order valence-corrected chi connectivity index (χ3v) is 3.19. The number of hydrogen-bond acceptors (Lipinski definition) is 2. The normalized spacial score (nSPS) is 10.9. The molecule has 0 saturated heterocycles. The molecule has 0 aliphatic carbocycles. The summed E-state index contributed by atoms with van der Waals surface area (Å²) in [5, 5.41) is 4.06. The molecule has 0 fully saturated rings. The zero-order valence-corrected chi connectivity index (χ0v) is 12.1. The summed E-state index contributed by atoms with van der Waals surface area (Å²) in [5.41, 5.74) is 3.28. The van der Waals surface area contributed by atoms with Gasteiger partial charge in [-0.1, -0.05) is 24.3 Å². The molecule has 1 aromatic carbocycles.